The Labute approximate surface area is 158 Å². The molecule has 0 aliphatic heterocycles. The van der Waals surface area contributed by atoms with Crippen molar-refractivity contribution in [2.24, 2.45) is 0 Å². The van der Waals surface area contributed by atoms with Gasteiger partial charge in [-0.25, -0.2) is 4.57 Å². The molecule has 9 heteroatoms. The van der Waals surface area contributed by atoms with Crippen LogP contribution in [0.15, 0.2) is 46.9 Å². The molecule has 0 spiro atoms. The first-order chi connectivity index (χ1) is 12.3. The van der Waals surface area contributed by atoms with Crippen LogP contribution in [0.1, 0.15) is 11.1 Å². The van der Waals surface area contributed by atoms with E-state index in [1.165, 1.54) is 6.07 Å². The predicted octanol–water partition coefficient (Wildman–Crippen LogP) is 5.00. The lowest BCUT2D eigenvalue weighted by molar-refractivity contribution is 0.123. The van der Waals surface area contributed by atoms with Crippen LogP contribution in [0.25, 0.3) is 0 Å². The van der Waals surface area contributed by atoms with Crippen LogP contribution in [0, 0.1) is 0 Å². The van der Waals surface area contributed by atoms with Crippen molar-refractivity contribution >= 4 is 23.5 Å². The summed E-state index contributed by atoms with van der Waals surface area (Å²) in [6.07, 6.45) is -2.79. The Morgan fingerprint density at radius 1 is 1.19 bits per heavy atom. The van der Waals surface area contributed by atoms with E-state index >= 15 is 0 Å². The molecule has 142 valence electrons. The molecule has 5 nitrogen and oxygen atoms in total. The van der Waals surface area contributed by atoms with Gasteiger partial charge in [-0.3, -0.25) is 0 Å². The Balaban J connectivity index is 1.89. The molecule has 0 amide bonds. The van der Waals surface area contributed by atoms with Crippen LogP contribution in [-0.4, -0.2) is 24.8 Å². The second-order valence-corrected chi connectivity index (χ2v) is 7.87. The normalized spacial score (nSPS) is 13.5. The van der Waals surface area contributed by atoms with Crippen molar-refractivity contribution in [3.8, 4) is 11.5 Å². The standard InChI is InChI=1S/C17H18BrF2O5P/c1-23-15-5-3-2-4-13(15)8-9-24-11-12-6-7-16(14(18)10-12)25-26(21,22)17(19)20/h2-7,10,17H,8-9,11H2,1H3,(H,21,22). The second kappa shape index (κ2) is 9.46. The van der Waals surface area contributed by atoms with E-state index in [1.54, 1.807) is 19.2 Å². The van der Waals surface area contributed by atoms with Crippen LogP contribution >= 0.6 is 23.5 Å². The summed E-state index contributed by atoms with van der Waals surface area (Å²) in [5.41, 5.74) is 1.79. The molecule has 1 atom stereocenters. The number of halogens is 3. The maximum Gasteiger partial charge on any atom is 0.442 e. The number of benzene rings is 2. The van der Waals surface area contributed by atoms with Gasteiger partial charge in [0.25, 0.3) is 0 Å². The fourth-order valence-corrected chi connectivity index (χ4v) is 3.32. The summed E-state index contributed by atoms with van der Waals surface area (Å²) in [6, 6.07) is 12.2. The highest BCUT2D eigenvalue weighted by Crippen LogP contribution is 2.50. The lowest BCUT2D eigenvalue weighted by Gasteiger charge is -2.14. The molecule has 0 fully saturated rings. The van der Waals surface area contributed by atoms with E-state index in [4.69, 9.17) is 14.4 Å². The van der Waals surface area contributed by atoms with Crippen molar-refractivity contribution in [2.75, 3.05) is 13.7 Å². The van der Waals surface area contributed by atoms with E-state index in [0.29, 0.717) is 24.1 Å². The lowest BCUT2D eigenvalue weighted by atomic mass is 10.1. The molecule has 0 heterocycles. The van der Waals surface area contributed by atoms with Crippen LogP contribution in [0.4, 0.5) is 8.78 Å². The van der Waals surface area contributed by atoms with Gasteiger partial charge < -0.3 is 18.9 Å². The summed E-state index contributed by atoms with van der Waals surface area (Å²) in [7, 11) is -3.39. The number of alkyl halides is 2. The number of methoxy groups -OCH3 is 1. The minimum Gasteiger partial charge on any atom is -0.496 e. The molecule has 0 aliphatic rings. The van der Waals surface area contributed by atoms with Crippen molar-refractivity contribution in [3.63, 3.8) is 0 Å². The van der Waals surface area contributed by atoms with Gasteiger partial charge in [0, 0.05) is 0 Å². The Morgan fingerprint density at radius 2 is 1.92 bits per heavy atom. The molecule has 0 aromatic heterocycles. The molecular weight excluding hydrogens is 433 g/mol. The van der Waals surface area contributed by atoms with Crippen LogP contribution in [0.3, 0.4) is 0 Å². The van der Waals surface area contributed by atoms with Gasteiger partial charge in [-0.05, 0) is 51.7 Å². The number of hydrogen-bond donors (Lipinski definition) is 1. The highest BCUT2D eigenvalue weighted by molar-refractivity contribution is 9.10. The van der Waals surface area contributed by atoms with Crippen molar-refractivity contribution in [1.82, 2.24) is 0 Å². The molecule has 0 radical (unpaired) electrons. The topological polar surface area (TPSA) is 65.0 Å². The van der Waals surface area contributed by atoms with E-state index in [0.717, 1.165) is 16.9 Å². The SMILES string of the molecule is COc1ccccc1CCOCc1ccc(OP(=O)(O)C(F)F)c(Br)c1. The average Bonchev–Trinajstić information content (AvgIpc) is 2.61. The molecule has 26 heavy (non-hydrogen) atoms. The Bertz CT molecular complexity index is 787. The predicted molar refractivity (Wildman–Crippen MR) is 97.0 cm³/mol. The first-order valence-electron chi connectivity index (χ1n) is 7.62. The molecule has 1 unspecified atom stereocenters. The zero-order valence-electron chi connectivity index (χ0n) is 13.9. The fraction of sp³-hybridized carbons (Fsp3) is 0.294. The molecule has 2 rings (SSSR count). The van der Waals surface area contributed by atoms with E-state index in [2.05, 4.69) is 20.5 Å². The molecule has 0 saturated carbocycles. The molecule has 0 aliphatic carbocycles. The van der Waals surface area contributed by atoms with Crippen molar-refractivity contribution in [2.45, 2.75) is 19.2 Å². The van der Waals surface area contributed by atoms with E-state index in [-0.39, 0.29) is 5.75 Å². The summed E-state index contributed by atoms with van der Waals surface area (Å²) in [5, 5.41) is 0. The summed E-state index contributed by atoms with van der Waals surface area (Å²) < 4.78 is 51.8. The van der Waals surface area contributed by atoms with Gasteiger partial charge in [0.05, 0.1) is 24.8 Å². The third-order valence-electron chi connectivity index (χ3n) is 3.45. The maximum atomic E-state index is 12.4. The van der Waals surface area contributed by atoms with Gasteiger partial charge in [0.2, 0.25) is 0 Å². The summed E-state index contributed by atoms with van der Waals surface area (Å²) in [5.74, 6) is 0.668. The lowest BCUT2D eigenvalue weighted by Crippen LogP contribution is -2.03. The van der Waals surface area contributed by atoms with Crippen LogP contribution in [-0.2, 0) is 22.3 Å². The number of rotatable bonds is 9. The Morgan fingerprint density at radius 3 is 2.58 bits per heavy atom. The first-order valence-corrected chi connectivity index (χ1v) is 10.1. The van der Waals surface area contributed by atoms with Gasteiger partial charge in [-0.2, -0.15) is 8.78 Å². The molecule has 2 aromatic carbocycles. The number of hydrogen-bond acceptors (Lipinski definition) is 4. The van der Waals surface area contributed by atoms with E-state index < -0.39 is 13.8 Å². The molecular formula is C17H18BrF2O5P. The minimum absolute atomic E-state index is 0.131. The summed E-state index contributed by atoms with van der Waals surface area (Å²) in [6.45, 7) is 0.757. The van der Waals surface area contributed by atoms with Crippen molar-refractivity contribution in [3.05, 3.63) is 58.1 Å². The number of ether oxygens (including phenoxy) is 2. The second-order valence-electron chi connectivity index (χ2n) is 5.31. The Hall–Kier alpha value is -1.47. The zero-order chi connectivity index (χ0) is 19.2. The van der Waals surface area contributed by atoms with E-state index in [9.17, 15) is 13.3 Å². The van der Waals surface area contributed by atoms with E-state index in [1.807, 2.05) is 24.3 Å². The minimum atomic E-state index is -5.00. The maximum absolute atomic E-state index is 12.4. The molecule has 1 N–H and O–H groups in total. The van der Waals surface area contributed by atoms with Gasteiger partial charge in [0.15, 0.2) is 0 Å². The van der Waals surface area contributed by atoms with Gasteiger partial charge >= 0.3 is 13.8 Å². The zero-order valence-corrected chi connectivity index (χ0v) is 16.4. The van der Waals surface area contributed by atoms with Crippen LogP contribution in [0.5, 0.6) is 11.5 Å². The van der Waals surface area contributed by atoms with Crippen molar-refractivity contribution in [1.29, 1.82) is 0 Å². The van der Waals surface area contributed by atoms with Crippen LogP contribution < -0.4 is 9.26 Å². The van der Waals surface area contributed by atoms with Gasteiger partial charge in [-0.15, -0.1) is 0 Å². The first kappa shape index (κ1) is 20.8. The summed E-state index contributed by atoms with van der Waals surface area (Å²) >= 11 is 3.14. The third kappa shape index (κ3) is 5.77. The third-order valence-corrected chi connectivity index (χ3v) is 5.02. The quantitative estimate of drug-likeness (QED) is 0.429. The van der Waals surface area contributed by atoms with Crippen LogP contribution in [0.2, 0.25) is 0 Å². The molecule has 2 aromatic rings. The smallest absolute Gasteiger partial charge is 0.442 e. The monoisotopic (exact) mass is 450 g/mol. The fourth-order valence-electron chi connectivity index (χ4n) is 2.17. The average molecular weight is 451 g/mol. The van der Waals surface area contributed by atoms with Crippen molar-refractivity contribution < 1.29 is 32.2 Å². The van der Waals surface area contributed by atoms with Gasteiger partial charge in [-0.1, -0.05) is 24.3 Å². The molecule has 0 bridgehead atoms. The number of para-hydroxylation sites is 1. The Kier molecular flexibility index (Phi) is 7.58. The largest absolute Gasteiger partial charge is 0.496 e. The molecule has 0 saturated heterocycles. The highest BCUT2D eigenvalue weighted by Gasteiger charge is 2.34. The highest BCUT2D eigenvalue weighted by atomic mass is 79.9. The summed E-state index contributed by atoms with van der Waals surface area (Å²) in [4.78, 5) is 9.09. The van der Waals surface area contributed by atoms with Gasteiger partial charge in [0.1, 0.15) is 11.5 Å².